The van der Waals surface area contributed by atoms with Gasteiger partial charge < -0.3 is 5.73 Å². The predicted molar refractivity (Wildman–Crippen MR) is 53.6 cm³/mol. The van der Waals surface area contributed by atoms with E-state index in [9.17, 15) is 13.6 Å². The van der Waals surface area contributed by atoms with Gasteiger partial charge in [0.25, 0.3) is 5.91 Å². The summed E-state index contributed by atoms with van der Waals surface area (Å²) >= 11 is 0. The van der Waals surface area contributed by atoms with Gasteiger partial charge in [-0.2, -0.15) is 8.78 Å². The fourth-order valence-corrected chi connectivity index (χ4v) is 1.22. The van der Waals surface area contributed by atoms with E-state index in [4.69, 9.17) is 0 Å². The summed E-state index contributed by atoms with van der Waals surface area (Å²) in [6.45, 7) is 3.92. The SMILES string of the molecule is CC(C)c1ccc(C(F)(F)C(N)=O)cc1. The first kappa shape index (κ1) is 11.6. The molecule has 15 heavy (non-hydrogen) atoms. The first-order chi connectivity index (χ1) is 6.85. The van der Waals surface area contributed by atoms with Crippen molar-refractivity contribution in [3.05, 3.63) is 35.4 Å². The molecule has 0 fully saturated rings. The smallest absolute Gasteiger partial charge is 0.349 e. The number of amides is 1. The Hall–Kier alpha value is -1.45. The normalized spacial score (nSPS) is 11.8. The summed E-state index contributed by atoms with van der Waals surface area (Å²) < 4.78 is 26.3. The molecule has 0 saturated carbocycles. The van der Waals surface area contributed by atoms with E-state index in [1.165, 1.54) is 12.1 Å². The van der Waals surface area contributed by atoms with Gasteiger partial charge in [0.2, 0.25) is 0 Å². The first-order valence-electron chi connectivity index (χ1n) is 4.64. The van der Waals surface area contributed by atoms with Gasteiger partial charge in [-0.15, -0.1) is 0 Å². The molecule has 82 valence electrons. The van der Waals surface area contributed by atoms with Crippen molar-refractivity contribution in [3.63, 3.8) is 0 Å². The molecule has 1 aromatic carbocycles. The molecule has 0 aliphatic rings. The molecule has 4 heteroatoms. The Bertz CT molecular complexity index is 357. The lowest BCUT2D eigenvalue weighted by molar-refractivity contribution is -0.143. The Labute approximate surface area is 87.1 Å². The van der Waals surface area contributed by atoms with Crippen LogP contribution in [0, 0.1) is 0 Å². The second kappa shape index (κ2) is 3.96. The van der Waals surface area contributed by atoms with Crippen molar-refractivity contribution in [2.45, 2.75) is 25.7 Å². The van der Waals surface area contributed by atoms with Crippen LogP contribution in [0.15, 0.2) is 24.3 Å². The minimum Gasteiger partial charge on any atom is -0.364 e. The molecule has 2 N–H and O–H groups in total. The predicted octanol–water partition coefficient (Wildman–Crippen LogP) is 2.39. The summed E-state index contributed by atoms with van der Waals surface area (Å²) in [6.07, 6.45) is 0. The van der Waals surface area contributed by atoms with Crippen LogP contribution in [-0.4, -0.2) is 5.91 Å². The highest BCUT2D eigenvalue weighted by atomic mass is 19.3. The summed E-state index contributed by atoms with van der Waals surface area (Å²) in [7, 11) is 0. The molecule has 0 bridgehead atoms. The molecule has 2 nitrogen and oxygen atoms in total. The van der Waals surface area contributed by atoms with Gasteiger partial charge in [-0.3, -0.25) is 4.79 Å². The van der Waals surface area contributed by atoms with E-state index >= 15 is 0 Å². The lowest BCUT2D eigenvalue weighted by atomic mass is 9.99. The van der Waals surface area contributed by atoms with Crippen LogP contribution in [0.5, 0.6) is 0 Å². The number of hydrogen-bond donors (Lipinski definition) is 1. The quantitative estimate of drug-likeness (QED) is 0.823. The van der Waals surface area contributed by atoms with Crippen LogP contribution in [0.2, 0.25) is 0 Å². The molecule has 0 heterocycles. The lowest BCUT2D eigenvalue weighted by Gasteiger charge is -2.13. The van der Waals surface area contributed by atoms with Crippen molar-refractivity contribution in [3.8, 4) is 0 Å². The van der Waals surface area contributed by atoms with E-state index in [0.29, 0.717) is 0 Å². The van der Waals surface area contributed by atoms with Crippen LogP contribution in [0.25, 0.3) is 0 Å². The van der Waals surface area contributed by atoms with E-state index in [0.717, 1.165) is 5.56 Å². The Morgan fingerprint density at radius 1 is 1.27 bits per heavy atom. The molecule has 0 aromatic heterocycles. The molecule has 0 spiro atoms. The summed E-state index contributed by atoms with van der Waals surface area (Å²) in [5, 5.41) is 0. The Morgan fingerprint density at radius 2 is 1.73 bits per heavy atom. The second-order valence-corrected chi connectivity index (χ2v) is 3.72. The third-order valence-corrected chi connectivity index (χ3v) is 2.25. The molecule has 1 aromatic rings. The van der Waals surface area contributed by atoms with Gasteiger partial charge in [0.15, 0.2) is 0 Å². The van der Waals surface area contributed by atoms with E-state index in [-0.39, 0.29) is 11.5 Å². The minimum absolute atomic E-state index is 0.265. The number of hydrogen-bond acceptors (Lipinski definition) is 1. The van der Waals surface area contributed by atoms with Crippen molar-refractivity contribution in [1.29, 1.82) is 0 Å². The summed E-state index contributed by atoms with van der Waals surface area (Å²) in [6, 6.07) is 5.63. The number of alkyl halides is 2. The molecule has 1 rings (SSSR count). The van der Waals surface area contributed by atoms with E-state index in [2.05, 4.69) is 5.73 Å². The van der Waals surface area contributed by atoms with Gasteiger partial charge in [0.05, 0.1) is 0 Å². The molecule has 1 amide bonds. The van der Waals surface area contributed by atoms with Crippen LogP contribution in [0.4, 0.5) is 8.78 Å². The summed E-state index contributed by atoms with van der Waals surface area (Å²) in [5.41, 5.74) is 5.19. The Morgan fingerprint density at radius 3 is 2.07 bits per heavy atom. The Balaban J connectivity index is 3.04. The third kappa shape index (κ3) is 2.32. The molecule has 0 saturated heterocycles. The number of primary amides is 1. The number of nitrogens with two attached hydrogens (primary N) is 1. The van der Waals surface area contributed by atoms with Gasteiger partial charge >= 0.3 is 5.92 Å². The van der Waals surface area contributed by atoms with Gasteiger partial charge in [-0.25, -0.2) is 0 Å². The second-order valence-electron chi connectivity index (χ2n) is 3.72. The number of carbonyl (C=O) groups excluding carboxylic acids is 1. The fourth-order valence-electron chi connectivity index (χ4n) is 1.22. The van der Waals surface area contributed by atoms with Crippen LogP contribution >= 0.6 is 0 Å². The average molecular weight is 213 g/mol. The van der Waals surface area contributed by atoms with Gasteiger partial charge in [-0.05, 0) is 11.5 Å². The van der Waals surface area contributed by atoms with Crippen molar-refractivity contribution in [2.24, 2.45) is 5.73 Å². The zero-order valence-electron chi connectivity index (χ0n) is 8.63. The first-order valence-corrected chi connectivity index (χ1v) is 4.64. The van der Waals surface area contributed by atoms with Crippen molar-refractivity contribution < 1.29 is 13.6 Å². The number of rotatable bonds is 3. The largest absolute Gasteiger partial charge is 0.364 e. The standard InChI is InChI=1S/C11H13F2NO/c1-7(2)8-3-5-9(6-4-8)11(12,13)10(14)15/h3-7H,1-2H3,(H2,14,15). The molecular formula is C11H13F2NO. The number of halogens is 2. The molecule has 0 aliphatic carbocycles. The van der Waals surface area contributed by atoms with Crippen molar-refractivity contribution in [1.82, 2.24) is 0 Å². The van der Waals surface area contributed by atoms with Gasteiger partial charge in [-0.1, -0.05) is 38.1 Å². The zero-order valence-corrected chi connectivity index (χ0v) is 8.63. The van der Waals surface area contributed by atoms with E-state index in [1.54, 1.807) is 12.1 Å². The molecule has 0 aliphatic heterocycles. The van der Waals surface area contributed by atoms with E-state index < -0.39 is 11.8 Å². The van der Waals surface area contributed by atoms with Crippen LogP contribution < -0.4 is 5.73 Å². The molecule has 0 radical (unpaired) electrons. The van der Waals surface area contributed by atoms with E-state index in [1.807, 2.05) is 13.8 Å². The number of carbonyl (C=O) groups is 1. The van der Waals surface area contributed by atoms with Crippen LogP contribution in [-0.2, 0) is 10.7 Å². The molecular weight excluding hydrogens is 200 g/mol. The molecule has 0 atom stereocenters. The summed E-state index contributed by atoms with van der Waals surface area (Å²) in [4.78, 5) is 10.5. The van der Waals surface area contributed by atoms with Crippen LogP contribution in [0.3, 0.4) is 0 Å². The minimum atomic E-state index is -3.59. The maximum atomic E-state index is 13.1. The molecule has 0 unspecified atom stereocenters. The zero-order chi connectivity index (χ0) is 11.6. The highest BCUT2D eigenvalue weighted by Crippen LogP contribution is 2.28. The maximum absolute atomic E-state index is 13.1. The third-order valence-electron chi connectivity index (χ3n) is 2.25. The monoisotopic (exact) mass is 213 g/mol. The highest BCUT2D eigenvalue weighted by molar-refractivity contribution is 5.83. The lowest BCUT2D eigenvalue weighted by Crippen LogP contribution is -2.32. The van der Waals surface area contributed by atoms with Crippen LogP contribution in [0.1, 0.15) is 30.9 Å². The van der Waals surface area contributed by atoms with Crippen molar-refractivity contribution >= 4 is 5.91 Å². The maximum Gasteiger partial charge on any atom is 0.349 e. The summed E-state index contributed by atoms with van der Waals surface area (Å²) in [5.74, 6) is -4.95. The highest BCUT2D eigenvalue weighted by Gasteiger charge is 2.38. The van der Waals surface area contributed by atoms with Crippen molar-refractivity contribution in [2.75, 3.05) is 0 Å². The fraction of sp³-hybridized carbons (Fsp3) is 0.364. The number of benzene rings is 1. The van der Waals surface area contributed by atoms with Gasteiger partial charge in [0, 0.05) is 5.56 Å². The topological polar surface area (TPSA) is 43.1 Å². The average Bonchev–Trinajstić information content (AvgIpc) is 2.17. The Kier molecular flexibility index (Phi) is 3.07. The van der Waals surface area contributed by atoms with Gasteiger partial charge in [0.1, 0.15) is 0 Å².